The van der Waals surface area contributed by atoms with E-state index in [1.165, 1.54) is 0 Å². The molecular formula is C20H20ClN3O2. The Balaban J connectivity index is 1.58. The normalized spacial score (nSPS) is 14.1. The molecule has 0 bridgehead atoms. The summed E-state index contributed by atoms with van der Waals surface area (Å²) in [6.07, 6.45) is 2.17. The van der Waals surface area contributed by atoms with Crippen LogP contribution < -0.4 is 4.74 Å². The molecule has 6 heteroatoms. The molecule has 2 heterocycles. The third-order valence-corrected chi connectivity index (χ3v) is 4.92. The van der Waals surface area contributed by atoms with Crippen molar-refractivity contribution in [2.24, 2.45) is 0 Å². The first-order chi connectivity index (χ1) is 12.7. The minimum Gasteiger partial charge on any atom is -0.486 e. The topological polar surface area (TPSA) is 47.4 Å². The lowest BCUT2D eigenvalue weighted by Gasteiger charge is -2.17. The minimum absolute atomic E-state index is 0.137. The zero-order valence-corrected chi connectivity index (χ0v) is 15.2. The molecule has 0 aliphatic carbocycles. The number of halogens is 1. The number of rotatable bonds is 5. The van der Waals surface area contributed by atoms with Gasteiger partial charge in [-0.05, 0) is 49.2 Å². The summed E-state index contributed by atoms with van der Waals surface area (Å²) in [5, 5.41) is 0.667. The van der Waals surface area contributed by atoms with Crippen molar-refractivity contribution in [1.29, 1.82) is 0 Å². The van der Waals surface area contributed by atoms with Gasteiger partial charge in [-0.1, -0.05) is 23.7 Å². The van der Waals surface area contributed by atoms with E-state index < -0.39 is 0 Å². The second-order valence-corrected chi connectivity index (χ2v) is 6.87. The van der Waals surface area contributed by atoms with Gasteiger partial charge in [0.15, 0.2) is 0 Å². The van der Waals surface area contributed by atoms with Gasteiger partial charge in [-0.25, -0.2) is 4.98 Å². The van der Waals surface area contributed by atoms with E-state index in [9.17, 15) is 4.79 Å². The van der Waals surface area contributed by atoms with Gasteiger partial charge in [0.2, 0.25) is 5.91 Å². The third kappa shape index (κ3) is 3.53. The average molecular weight is 370 g/mol. The quantitative estimate of drug-likeness (QED) is 0.685. The highest BCUT2D eigenvalue weighted by Gasteiger charge is 2.21. The molecule has 1 aliphatic heterocycles. The second-order valence-electron chi connectivity index (χ2n) is 6.43. The van der Waals surface area contributed by atoms with E-state index >= 15 is 0 Å². The van der Waals surface area contributed by atoms with Crippen LogP contribution in [0, 0.1) is 0 Å². The first kappa shape index (κ1) is 16.9. The lowest BCUT2D eigenvalue weighted by Crippen LogP contribution is -2.31. The Morgan fingerprint density at radius 1 is 1.08 bits per heavy atom. The van der Waals surface area contributed by atoms with Crippen LogP contribution in [0.5, 0.6) is 5.75 Å². The Labute approximate surface area is 157 Å². The highest BCUT2D eigenvalue weighted by molar-refractivity contribution is 6.30. The number of imidazole rings is 1. The number of aromatic nitrogens is 2. The van der Waals surface area contributed by atoms with Crippen molar-refractivity contribution in [1.82, 2.24) is 14.5 Å². The van der Waals surface area contributed by atoms with Gasteiger partial charge in [0.1, 0.15) is 24.7 Å². The van der Waals surface area contributed by atoms with E-state index in [2.05, 4.69) is 4.98 Å². The van der Waals surface area contributed by atoms with Crippen LogP contribution in [-0.4, -0.2) is 33.4 Å². The zero-order chi connectivity index (χ0) is 17.9. The fraction of sp³-hybridized carbons (Fsp3) is 0.300. The zero-order valence-electron chi connectivity index (χ0n) is 14.4. The largest absolute Gasteiger partial charge is 0.486 e. The predicted octanol–water partition coefficient (Wildman–Crippen LogP) is 3.89. The molecule has 0 spiro atoms. The number of fused-ring (bicyclic) bond motifs is 1. The Bertz CT molecular complexity index is 914. The molecule has 1 saturated heterocycles. The van der Waals surface area contributed by atoms with Crippen molar-refractivity contribution in [3.05, 3.63) is 59.4 Å². The first-order valence-electron chi connectivity index (χ1n) is 8.81. The summed E-state index contributed by atoms with van der Waals surface area (Å²) in [6, 6.07) is 15.1. The summed E-state index contributed by atoms with van der Waals surface area (Å²) >= 11 is 5.91. The van der Waals surface area contributed by atoms with Crippen LogP contribution >= 0.6 is 11.6 Å². The molecule has 0 unspecified atom stereocenters. The van der Waals surface area contributed by atoms with Crippen molar-refractivity contribution in [3.8, 4) is 5.75 Å². The Morgan fingerprint density at radius 2 is 1.81 bits per heavy atom. The molecule has 0 saturated carbocycles. The Morgan fingerprint density at radius 3 is 2.58 bits per heavy atom. The van der Waals surface area contributed by atoms with Gasteiger partial charge in [0.25, 0.3) is 0 Å². The summed E-state index contributed by atoms with van der Waals surface area (Å²) in [4.78, 5) is 19.2. The molecule has 0 atom stereocenters. The van der Waals surface area contributed by atoms with Crippen LogP contribution in [0.1, 0.15) is 18.7 Å². The molecule has 4 rings (SSSR count). The fourth-order valence-electron chi connectivity index (χ4n) is 3.29. The molecule has 5 nitrogen and oxygen atoms in total. The molecule has 134 valence electrons. The predicted molar refractivity (Wildman–Crippen MR) is 101 cm³/mol. The van der Waals surface area contributed by atoms with Crippen molar-refractivity contribution >= 4 is 28.5 Å². The minimum atomic E-state index is 0.137. The number of benzene rings is 2. The number of hydrogen-bond donors (Lipinski definition) is 0. The Hall–Kier alpha value is -2.53. The number of likely N-dealkylation sites (tertiary alicyclic amines) is 1. The molecule has 1 aliphatic rings. The number of ether oxygens (including phenoxy) is 1. The standard InChI is InChI=1S/C20H20ClN3O2/c21-15-7-9-16(10-8-15)26-14-19-22-17-5-1-2-6-18(17)24(19)13-20(25)23-11-3-4-12-23/h1-2,5-10H,3-4,11-14H2. The van der Waals surface area contributed by atoms with E-state index in [4.69, 9.17) is 16.3 Å². The lowest BCUT2D eigenvalue weighted by atomic mass is 10.3. The summed E-state index contributed by atoms with van der Waals surface area (Å²) < 4.78 is 7.82. The van der Waals surface area contributed by atoms with Crippen LogP contribution in [0.15, 0.2) is 48.5 Å². The van der Waals surface area contributed by atoms with Gasteiger partial charge in [0.05, 0.1) is 11.0 Å². The fourth-order valence-corrected chi connectivity index (χ4v) is 3.42. The van der Waals surface area contributed by atoms with Crippen molar-refractivity contribution in [2.45, 2.75) is 26.0 Å². The average Bonchev–Trinajstić information content (AvgIpc) is 3.30. The highest BCUT2D eigenvalue weighted by Crippen LogP contribution is 2.20. The number of carbonyl (C=O) groups excluding carboxylic acids is 1. The molecule has 3 aromatic rings. The number of nitrogens with zero attached hydrogens (tertiary/aromatic N) is 3. The van der Waals surface area contributed by atoms with E-state index in [-0.39, 0.29) is 5.91 Å². The van der Waals surface area contributed by atoms with Crippen LogP contribution in [0.25, 0.3) is 11.0 Å². The summed E-state index contributed by atoms with van der Waals surface area (Å²) in [5.41, 5.74) is 1.83. The number of amides is 1. The van der Waals surface area contributed by atoms with Crippen molar-refractivity contribution in [2.75, 3.05) is 13.1 Å². The number of para-hydroxylation sites is 2. The van der Waals surface area contributed by atoms with Crippen LogP contribution in [-0.2, 0) is 17.9 Å². The van der Waals surface area contributed by atoms with E-state index in [1.54, 1.807) is 12.1 Å². The van der Waals surface area contributed by atoms with Gasteiger partial charge in [0, 0.05) is 18.1 Å². The van der Waals surface area contributed by atoms with Crippen LogP contribution in [0.2, 0.25) is 5.02 Å². The van der Waals surface area contributed by atoms with Crippen LogP contribution in [0.4, 0.5) is 0 Å². The summed E-state index contributed by atoms with van der Waals surface area (Å²) in [6.45, 7) is 2.29. The second kappa shape index (κ2) is 7.38. The number of hydrogen-bond acceptors (Lipinski definition) is 3. The van der Waals surface area contributed by atoms with Crippen molar-refractivity contribution < 1.29 is 9.53 Å². The van der Waals surface area contributed by atoms with Gasteiger partial charge >= 0.3 is 0 Å². The number of carbonyl (C=O) groups is 1. The molecule has 1 amide bonds. The van der Waals surface area contributed by atoms with E-state index in [0.717, 1.165) is 48.5 Å². The molecule has 2 aromatic carbocycles. The van der Waals surface area contributed by atoms with Crippen LogP contribution in [0.3, 0.4) is 0 Å². The smallest absolute Gasteiger partial charge is 0.242 e. The van der Waals surface area contributed by atoms with E-state index in [0.29, 0.717) is 18.2 Å². The maximum Gasteiger partial charge on any atom is 0.242 e. The summed E-state index contributed by atoms with van der Waals surface area (Å²) in [7, 11) is 0. The first-order valence-corrected chi connectivity index (χ1v) is 9.19. The molecule has 0 radical (unpaired) electrons. The molecule has 26 heavy (non-hydrogen) atoms. The molecule has 1 fully saturated rings. The van der Waals surface area contributed by atoms with Gasteiger partial charge in [-0.2, -0.15) is 0 Å². The molecule has 0 N–H and O–H groups in total. The van der Waals surface area contributed by atoms with Gasteiger partial charge in [-0.15, -0.1) is 0 Å². The van der Waals surface area contributed by atoms with Gasteiger partial charge in [-0.3, -0.25) is 4.79 Å². The van der Waals surface area contributed by atoms with E-state index in [1.807, 2.05) is 45.9 Å². The maximum atomic E-state index is 12.6. The lowest BCUT2D eigenvalue weighted by molar-refractivity contribution is -0.130. The Kier molecular flexibility index (Phi) is 4.80. The molecular weight excluding hydrogens is 350 g/mol. The van der Waals surface area contributed by atoms with Crippen molar-refractivity contribution in [3.63, 3.8) is 0 Å². The molecule has 1 aromatic heterocycles. The third-order valence-electron chi connectivity index (χ3n) is 4.67. The highest BCUT2D eigenvalue weighted by atomic mass is 35.5. The SMILES string of the molecule is O=C(Cn1c(COc2ccc(Cl)cc2)nc2ccccc21)N1CCCC1. The maximum absolute atomic E-state index is 12.6. The summed E-state index contributed by atoms with van der Waals surface area (Å²) in [5.74, 6) is 1.60. The monoisotopic (exact) mass is 369 g/mol. The van der Waals surface area contributed by atoms with Gasteiger partial charge < -0.3 is 14.2 Å².